The fraction of sp³-hybridized carbons (Fsp3) is 0.421. The average molecular weight is 356 g/mol. The number of aryl methyl sites for hydroxylation is 1. The maximum Gasteiger partial charge on any atom is 0.306 e. The third-order valence-corrected chi connectivity index (χ3v) is 5.71. The first kappa shape index (κ1) is 16.3. The first-order chi connectivity index (χ1) is 12.2. The maximum atomic E-state index is 13.2. The zero-order valence-electron chi connectivity index (χ0n) is 13.9. The summed E-state index contributed by atoms with van der Waals surface area (Å²) in [7, 11) is 0. The molecule has 0 saturated carbocycles. The van der Waals surface area contributed by atoms with E-state index >= 15 is 0 Å². The zero-order valence-corrected chi connectivity index (χ0v) is 14.7. The Balaban J connectivity index is 1.66. The Labute approximate surface area is 150 Å². The van der Waals surface area contributed by atoms with Crippen LogP contribution in [0.3, 0.4) is 0 Å². The van der Waals surface area contributed by atoms with E-state index < -0.39 is 6.10 Å². The largest absolute Gasteiger partial charge is 0.452 e. The van der Waals surface area contributed by atoms with E-state index in [-0.39, 0.29) is 17.9 Å². The van der Waals surface area contributed by atoms with Gasteiger partial charge in [-0.1, -0.05) is 24.3 Å². The minimum Gasteiger partial charge on any atom is -0.452 e. The van der Waals surface area contributed by atoms with Crippen molar-refractivity contribution in [3.05, 3.63) is 52.0 Å². The third kappa shape index (κ3) is 3.31. The number of fused-ring (bicyclic) bond motifs is 1. The molecule has 2 heterocycles. The van der Waals surface area contributed by atoms with E-state index in [4.69, 9.17) is 4.74 Å². The lowest BCUT2D eigenvalue weighted by Gasteiger charge is -2.36. The van der Waals surface area contributed by atoms with Crippen LogP contribution in [-0.2, 0) is 27.3 Å². The highest BCUT2D eigenvalue weighted by molar-refractivity contribution is 7.09. The summed E-state index contributed by atoms with van der Waals surface area (Å²) >= 11 is 1.54. The molecule has 1 aromatic carbocycles. The van der Waals surface area contributed by atoms with Crippen LogP contribution in [0.1, 0.15) is 47.9 Å². The second-order valence-electron chi connectivity index (χ2n) is 6.52. The molecule has 2 atom stereocenters. The van der Waals surface area contributed by atoms with Gasteiger partial charge in [0.25, 0.3) is 5.91 Å². The highest BCUT2D eigenvalue weighted by Gasteiger charge is 2.37. The molecule has 0 N–H and O–H groups in total. The van der Waals surface area contributed by atoms with Gasteiger partial charge in [-0.05, 0) is 30.4 Å². The van der Waals surface area contributed by atoms with Gasteiger partial charge in [-0.15, -0.1) is 11.3 Å². The first-order valence-electron chi connectivity index (χ1n) is 8.68. The van der Waals surface area contributed by atoms with Crippen molar-refractivity contribution in [1.82, 2.24) is 9.88 Å². The molecule has 5 nitrogen and oxygen atoms in total. The zero-order chi connectivity index (χ0) is 17.2. The second kappa shape index (κ2) is 6.96. The van der Waals surface area contributed by atoms with Crippen LogP contribution in [0, 0.1) is 0 Å². The van der Waals surface area contributed by atoms with Crippen molar-refractivity contribution >= 4 is 23.2 Å². The molecule has 130 valence electrons. The number of amides is 1. The minimum atomic E-state index is -0.651. The number of hydrogen-bond donors (Lipinski definition) is 0. The summed E-state index contributed by atoms with van der Waals surface area (Å²) in [5.41, 5.74) is 2.52. The number of carbonyl (C=O) groups excluding carboxylic acids is 2. The molecule has 0 unspecified atom stereocenters. The number of thiazole rings is 1. The van der Waals surface area contributed by atoms with Crippen molar-refractivity contribution in [2.45, 2.75) is 50.8 Å². The molecule has 6 heteroatoms. The number of rotatable bonds is 4. The first-order valence-corrected chi connectivity index (χ1v) is 9.56. The lowest BCUT2D eigenvalue weighted by Crippen LogP contribution is -2.42. The number of cyclic esters (lactones) is 1. The molecule has 4 rings (SSSR count). The summed E-state index contributed by atoms with van der Waals surface area (Å²) in [6.07, 6.45) is 4.92. The van der Waals surface area contributed by atoms with E-state index in [2.05, 4.69) is 17.1 Å². The third-order valence-electron chi connectivity index (χ3n) is 4.95. The van der Waals surface area contributed by atoms with Crippen molar-refractivity contribution in [3.63, 3.8) is 0 Å². The Morgan fingerprint density at radius 2 is 2.16 bits per heavy atom. The smallest absolute Gasteiger partial charge is 0.306 e. The summed E-state index contributed by atoms with van der Waals surface area (Å²) < 4.78 is 5.25. The summed E-state index contributed by atoms with van der Waals surface area (Å²) in [5.74, 6) is -0.376. The van der Waals surface area contributed by atoms with Gasteiger partial charge in [0.1, 0.15) is 5.01 Å². The number of benzene rings is 1. The average Bonchev–Trinajstić information content (AvgIpc) is 3.30. The van der Waals surface area contributed by atoms with Gasteiger partial charge in [0.2, 0.25) is 0 Å². The molecule has 1 aliphatic carbocycles. The van der Waals surface area contributed by atoms with Crippen LogP contribution in [0.2, 0.25) is 0 Å². The number of carbonyl (C=O) groups is 2. The van der Waals surface area contributed by atoms with Gasteiger partial charge < -0.3 is 9.64 Å². The topological polar surface area (TPSA) is 59.5 Å². The predicted octanol–water partition coefficient (Wildman–Crippen LogP) is 3.25. The van der Waals surface area contributed by atoms with Crippen molar-refractivity contribution in [1.29, 1.82) is 0 Å². The molecular formula is C19H20N2O3S. The van der Waals surface area contributed by atoms with Crippen molar-refractivity contribution in [3.8, 4) is 0 Å². The van der Waals surface area contributed by atoms with Crippen molar-refractivity contribution < 1.29 is 14.3 Å². The molecule has 1 fully saturated rings. The number of nitrogens with zero attached hydrogens (tertiary/aromatic N) is 2. The Bertz CT molecular complexity index is 775. The maximum absolute atomic E-state index is 13.2. The quantitative estimate of drug-likeness (QED) is 0.789. The highest BCUT2D eigenvalue weighted by atomic mass is 32.1. The Morgan fingerprint density at radius 1 is 1.28 bits per heavy atom. The van der Waals surface area contributed by atoms with Crippen LogP contribution in [0.25, 0.3) is 0 Å². The highest BCUT2D eigenvalue weighted by Crippen LogP contribution is 2.36. The lowest BCUT2D eigenvalue weighted by atomic mass is 9.86. The van der Waals surface area contributed by atoms with Gasteiger partial charge in [-0.2, -0.15) is 0 Å². The van der Waals surface area contributed by atoms with Crippen LogP contribution < -0.4 is 0 Å². The van der Waals surface area contributed by atoms with Crippen LogP contribution in [0.15, 0.2) is 35.8 Å². The minimum absolute atomic E-state index is 0.0145. The summed E-state index contributed by atoms with van der Waals surface area (Å²) in [5, 5.41) is 2.82. The molecule has 2 aromatic rings. The second-order valence-corrected chi connectivity index (χ2v) is 7.50. The molecule has 0 spiro atoms. The summed E-state index contributed by atoms with van der Waals surface area (Å²) in [6.45, 7) is 0.462. The van der Waals surface area contributed by atoms with Crippen molar-refractivity contribution in [2.24, 2.45) is 0 Å². The molecule has 2 aliphatic rings. The number of esters is 1. The Hall–Kier alpha value is -2.21. The van der Waals surface area contributed by atoms with Gasteiger partial charge in [-0.25, -0.2) is 4.98 Å². The van der Waals surface area contributed by atoms with E-state index in [0.717, 1.165) is 24.3 Å². The van der Waals surface area contributed by atoms with Gasteiger partial charge in [0, 0.05) is 24.4 Å². The van der Waals surface area contributed by atoms with E-state index in [9.17, 15) is 9.59 Å². The fourth-order valence-corrected chi connectivity index (χ4v) is 4.37. The van der Waals surface area contributed by atoms with Crippen LogP contribution in [-0.4, -0.2) is 27.9 Å². The Kier molecular flexibility index (Phi) is 4.53. The molecule has 0 bridgehead atoms. The Morgan fingerprint density at radius 3 is 2.92 bits per heavy atom. The normalized spacial score (nSPS) is 22.3. The fourth-order valence-electron chi connectivity index (χ4n) is 3.75. The van der Waals surface area contributed by atoms with E-state index in [1.54, 1.807) is 17.5 Å². The summed E-state index contributed by atoms with van der Waals surface area (Å²) in [6, 6.07) is 8.34. The SMILES string of the molecule is O=C1CC[C@@H](C(=O)N(Cc2nccs2)[C@H]2CCCc3ccccc32)O1. The lowest BCUT2D eigenvalue weighted by molar-refractivity contribution is -0.155. The van der Waals surface area contributed by atoms with Crippen LogP contribution >= 0.6 is 11.3 Å². The van der Waals surface area contributed by atoms with Gasteiger partial charge >= 0.3 is 5.97 Å². The molecule has 0 radical (unpaired) electrons. The summed E-state index contributed by atoms with van der Waals surface area (Å²) in [4.78, 5) is 30.8. The number of hydrogen-bond acceptors (Lipinski definition) is 5. The molecule has 1 aromatic heterocycles. The van der Waals surface area contributed by atoms with Gasteiger partial charge in [-0.3, -0.25) is 9.59 Å². The van der Waals surface area contributed by atoms with E-state index in [1.807, 2.05) is 22.4 Å². The van der Waals surface area contributed by atoms with E-state index in [0.29, 0.717) is 19.4 Å². The molecule has 1 aliphatic heterocycles. The number of ether oxygens (including phenoxy) is 1. The predicted molar refractivity (Wildman–Crippen MR) is 93.9 cm³/mol. The van der Waals surface area contributed by atoms with E-state index in [1.165, 1.54) is 11.1 Å². The molecule has 1 amide bonds. The van der Waals surface area contributed by atoms with Gasteiger partial charge in [0.15, 0.2) is 6.10 Å². The monoisotopic (exact) mass is 356 g/mol. The van der Waals surface area contributed by atoms with Crippen LogP contribution in [0.5, 0.6) is 0 Å². The standard InChI is InChI=1S/C19H20N2O3S/c22-18-9-8-16(24-18)19(23)21(12-17-20-10-11-25-17)15-7-3-5-13-4-1-2-6-14(13)15/h1-2,4,6,10-11,15-16H,3,5,7-9,12H2/t15-,16-/m0/s1. The molecule has 1 saturated heterocycles. The van der Waals surface area contributed by atoms with Crippen LogP contribution in [0.4, 0.5) is 0 Å². The molecular weight excluding hydrogens is 336 g/mol. The molecule has 25 heavy (non-hydrogen) atoms. The number of aromatic nitrogens is 1. The van der Waals surface area contributed by atoms with Gasteiger partial charge in [0.05, 0.1) is 12.6 Å². The van der Waals surface area contributed by atoms with Crippen molar-refractivity contribution in [2.75, 3.05) is 0 Å².